The standard InChI is InChI=1S/C21H21NO3/c1-3-25-21(24)18-8-6-14-11-16(7-9-17(14)18)22-12-15-5-4-13(2)10-19(15)20(22)23/h4-5,7,9-11,18H,3,6,8,12H2,1-2H3. The Labute approximate surface area is 147 Å². The van der Waals surface area contributed by atoms with E-state index in [2.05, 4.69) is 6.07 Å². The minimum Gasteiger partial charge on any atom is -0.466 e. The van der Waals surface area contributed by atoms with Crippen molar-refractivity contribution in [1.29, 1.82) is 0 Å². The summed E-state index contributed by atoms with van der Waals surface area (Å²) in [5.74, 6) is -0.258. The molecule has 2 aromatic carbocycles. The zero-order valence-electron chi connectivity index (χ0n) is 14.5. The number of hydrogen-bond acceptors (Lipinski definition) is 3. The van der Waals surface area contributed by atoms with Gasteiger partial charge in [-0.3, -0.25) is 9.59 Å². The molecule has 4 nitrogen and oxygen atoms in total. The van der Waals surface area contributed by atoms with E-state index in [1.54, 1.807) is 0 Å². The number of hydrogen-bond donors (Lipinski definition) is 0. The predicted octanol–water partition coefficient (Wildman–Crippen LogP) is 3.75. The molecule has 1 aliphatic carbocycles. The van der Waals surface area contributed by atoms with Gasteiger partial charge in [0.15, 0.2) is 0 Å². The lowest BCUT2D eigenvalue weighted by Gasteiger charge is -2.18. The molecule has 1 unspecified atom stereocenters. The lowest BCUT2D eigenvalue weighted by Crippen LogP contribution is -2.23. The van der Waals surface area contributed by atoms with Gasteiger partial charge in [0.25, 0.3) is 5.91 Å². The monoisotopic (exact) mass is 335 g/mol. The molecule has 1 heterocycles. The van der Waals surface area contributed by atoms with Crippen LogP contribution < -0.4 is 4.90 Å². The molecule has 128 valence electrons. The fourth-order valence-corrected chi connectivity index (χ4v) is 3.88. The van der Waals surface area contributed by atoms with Crippen molar-refractivity contribution in [3.05, 3.63) is 64.2 Å². The minimum atomic E-state index is -0.168. The van der Waals surface area contributed by atoms with Gasteiger partial charge in [-0.05, 0) is 61.6 Å². The van der Waals surface area contributed by atoms with Gasteiger partial charge in [-0.1, -0.05) is 23.8 Å². The number of fused-ring (bicyclic) bond motifs is 2. The smallest absolute Gasteiger partial charge is 0.313 e. The molecular formula is C21H21NO3. The maximum Gasteiger partial charge on any atom is 0.313 e. The number of esters is 1. The van der Waals surface area contributed by atoms with Gasteiger partial charge in [0, 0.05) is 11.3 Å². The second kappa shape index (κ2) is 6.03. The van der Waals surface area contributed by atoms with Crippen LogP contribution in [0.4, 0.5) is 5.69 Å². The van der Waals surface area contributed by atoms with Crippen LogP contribution in [0, 0.1) is 6.92 Å². The highest BCUT2D eigenvalue weighted by Crippen LogP contribution is 2.38. The Kier molecular flexibility index (Phi) is 3.83. The molecule has 1 atom stereocenters. The molecule has 0 aromatic heterocycles. The van der Waals surface area contributed by atoms with Crippen LogP contribution in [0.2, 0.25) is 0 Å². The first-order chi connectivity index (χ1) is 12.1. The van der Waals surface area contributed by atoms with Gasteiger partial charge in [0.2, 0.25) is 0 Å². The molecule has 1 amide bonds. The Bertz CT molecular complexity index is 871. The SMILES string of the molecule is CCOC(=O)C1CCc2cc(N3Cc4ccc(C)cc4C3=O)ccc21. The number of carbonyl (C=O) groups is 2. The van der Waals surface area contributed by atoms with E-state index in [0.717, 1.165) is 46.3 Å². The van der Waals surface area contributed by atoms with Crippen LogP contribution >= 0.6 is 0 Å². The van der Waals surface area contributed by atoms with E-state index in [9.17, 15) is 9.59 Å². The van der Waals surface area contributed by atoms with Crippen LogP contribution in [-0.4, -0.2) is 18.5 Å². The summed E-state index contributed by atoms with van der Waals surface area (Å²) < 4.78 is 5.18. The second-order valence-electron chi connectivity index (χ2n) is 6.78. The summed E-state index contributed by atoms with van der Waals surface area (Å²) in [5, 5.41) is 0. The Balaban J connectivity index is 1.62. The Morgan fingerprint density at radius 1 is 1.20 bits per heavy atom. The van der Waals surface area contributed by atoms with Crippen molar-refractivity contribution in [3.8, 4) is 0 Å². The molecule has 0 N–H and O–H groups in total. The van der Waals surface area contributed by atoms with Crippen LogP contribution in [0.1, 0.15) is 51.9 Å². The molecule has 0 saturated carbocycles. The van der Waals surface area contributed by atoms with Gasteiger partial charge in [-0.25, -0.2) is 0 Å². The summed E-state index contributed by atoms with van der Waals surface area (Å²) in [5.41, 5.74) is 6.06. The number of ether oxygens (including phenoxy) is 1. The molecule has 0 saturated heterocycles. The van der Waals surface area contributed by atoms with Crippen molar-refractivity contribution in [2.24, 2.45) is 0 Å². The zero-order chi connectivity index (χ0) is 17.6. The highest BCUT2D eigenvalue weighted by molar-refractivity contribution is 6.10. The summed E-state index contributed by atoms with van der Waals surface area (Å²) in [4.78, 5) is 26.7. The summed E-state index contributed by atoms with van der Waals surface area (Å²) >= 11 is 0. The Morgan fingerprint density at radius 2 is 2.04 bits per heavy atom. The van der Waals surface area contributed by atoms with Crippen molar-refractivity contribution in [2.75, 3.05) is 11.5 Å². The van der Waals surface area contributed by atoms with Crippen molar-refractivity contribution in [3.63, 3.8) is 0 Å². The van der Waals surface area contributed by atoms with Crippen LogP contribution in [0.3, 0.4) is 0 Å². The lowest BCUT2D eigenvalue weighted by atomic mass is 10.0. The molecule has 2 aromatic rings. The predicted molar refractivity (Wildman–Crippen MR) is 95.8 cm³/mol. The topological polar surface area (TPSA) is 46.6 Å². The van der Waals surface area contributed by atoms with Gasteiger partial charge in [-0.2, -0.15) is 0 Å². The van der Waals surface area contributed by atoms with Crippen molar-refractivity contribution in [2.45, 2.75) is 39.2 Å². The number of carbonyl (C=O) groups excluding carboxylic acids is 2. The number of anilines is 1. The first kappa shape index (κ1) is 15.9. The maximum absolute atomic E-state index is 12.8. The molecule has 4 heteroatoms. The van der Waals surface area contributed by atoms with Crippen LogP contribution in [0.15, 0.2) is 36.4 Å². The molecule has 2 aliphatic rings. The highest BCUT2D eigenvalue weighted by atomic mass is 16.5. The molecule has 25 heavy (non-hydrogen) atoms. The summed E-state index contributed by atoms with van der Waals surface area (Å²) in [6.07, 6.45) is 1.63. The quantitative estimate of drug-likeness (QED) is 0.803. The fourth-order valence-electron chi connectivity index (χ4n) is 3.88. The minimum absolute atomic E-state index is 0.0542. The van der Waals surface area contributed by atoms with Crippen LogP contribution in [0.25, 0.3) is 0 Å². The number of nitrogens with zero attached hydrogens (tertiary/aromatic N) is 1. The van der Waals surface area contributed by atoms with E-state index in [1.807, 2.05) is 49.1 Å². The average molecular weight is 335 g/mol. The molecule has 0 spiro atoms. The van der Waals surface area contributed by atoms with Gasteiger partial charge < -0.3 is 9.64 Å². The van der Waals surface area contributed by atoms with E-state index < -0.39 is 0 Å². The van der Waals surface area contributed by atoms with Gasteiger partial charge in [-0.15, -0.1) is 0 Å². The Morgan fingerprint density at radius 3 is 2.84 bits per heavy atom. The highest BCUT2D eigenvalue weighted by Gasteiger charge is 2.32. The molecule has 0 fully saturated rings. The Hall–Kier alpha value is -2.62. The molecule has 0 radical (unpaired) electrons. The van der Waals surface area contributed by atoms with Crippen molar-refractivity contribution >= 4 is 17.6 Å². The third-order valence-electron chi connectivity index (χ3n) is 5.16. The number of amides is 1. The van der Waals surface area contributed by atoms with E-state index >= 15 is 0 Å². The first-order valence-electron chi connectivity index (χ1n) is 8.79. The molecule has 1 aliphatic heterocycles. The normalized spacial score (nSPS) is 18.2. The summed E-state index contributed by atoms with van der Waals surface area (Å²) in [7, 11) is 0. The zero-order valence-corrected chi connectivity index (χ0v) is 14.5. The second-order valence-corrected chi connectivity index (χ2v) is 6.78. The largest absolute Gasteiger partial charge is 0.466 e. The molecule has 0 bridgehead atoms. The van der Waals surface area contributed by atoms with Crippen LogP contribution in [-0.2, 0) is 22.5 Å². The molecular weight excluding hydrogens is 314 g/mol. The van der Waals surface area contributed by atoms with Gasteiger partial charge >= 0.3 is 5.97 Å². The van der Waals surface area contributed by atoms with E-state index in [1.165, 1.54) is 0 Å². The van der Waals surface area contributed by atoms with Crippen LogP contribution in [0.5, 0.6) is 0 Å². The average Bonchev–Trinajstić information content (AvgIpc) is 3.16. The van der Waals surface area contributed by atoms with Crippen molar-refractivity contribution in [1.82, 2.24) is 0 Å². The van der Waals surface area contributed by atoms with Gasteiger partial charge in [0.1, 0.15) is 0 Å². The number of rotatable bonds is 3. The van der Waals surface area contributed by atoms with E-state index in [-0.39, 0.29) is 17.8 Å². The summed E-state index contributed by atoms with van der Waals surface area (Å²) in [6.45, 7) is 4.84. The van der Waals surface area contributed by atoms with Crippen molar-refractivity contribution < 1.29 is 14.3 Å². The van der Waals surface area contributed by atoms with E-state index in [4.69, 9.17) is 4.74 Å². The summed E-state index contributed by atoms with van der Waals surface area (Å²) in [6, 6.07) is 12.0. The maximum atomic E-state index is 12.8. The number of benzene rings is 2. The van der Waals surface area contributed by atoms with E-state index in [0.29, 0.717) is 13.2 Å². The fraction of sp³-hybridized carbons (Fsp3) is 0.333. The third-order valence-corrected chi connectivity index (χ3v) is 5.16. The lowest BCUT2D eigenvalue weighted by molar-refractivity contribution is -0.144. The first-order valence-corrected chi connectivity index (χ1v) is 8.79. The molecule has 4 rings (SSSR count). The third kappa shape index (κ3) is 2.62. The number of aryl methyl sites for hydroxylation is 2. The van der Waals surface area contributed by atoms with Gasteiger partial charge in [0.05, 0.1) is 19.1 Å².